The van der Waals surface area contributed by atoms with Crippen molar-refractivity contribution in [2.75, 3.05) is 31.0 Å². The lowest BCUT2D eigenvalue weighted by molar-refractivity contribution is 0.0747. The minimum Gasteiger partial charge on any atom is -0.379 e. The fraction of sp³-hybridized carbons (Fsp3) is 0.500. The van der Waals surface area contributed by atoms with E-state index in [1.54, 1.807) is 22.2 Å². The number of ether oxygens (including phenoxy) is 1. The van der Waals surface area contributed by atoms with Crippen molar-refractivity contribution in [3.05, 3.63) is 52.5 Å². The van der Waals surface area contributed by atoms with Crippen molar-refractivity contribution in [2.24, 2.45) is 0 Å². The average molecular weight is 372 g/mol. The van der Waals surface area contributed by atoms with Crippen LogP contribution < -0.4 is 4.67 Å². The van der Waals surface area contributed by atoms with Crippen molar-refractivity contribution in [3.63, 3.8) is 0 Å². The van der Waals surface area contributed by atoms with E-state index in [-0.39, 0.29) is 0 Å². The number of allylic oxidation sites excluding steroid dienone is 4. The van der Waals surface area contributed by atoms with Crippen LogP contribution in [0.1, 0.15) is 38.5 Å². The molecule has 5 rings (SSSR count). The number of hydrogen-bond acceptors (Lipinski definition) is 2. The molecule has 5 heteroatoms. The summed E-state index contributed by atoms with van der Waals surface area (Å²) in [6.45, 7) is 3.57. The van der Waals surface area contributed by atoms with Gasteiger partial charge in [-0.3, -0.25) is 4.67 Å². The lowest BCUT2D eigenvalue weighted by Crippen LogP contribution is -2.40. The van der Waals surface area contributed by atoms with Crippen molar-refractivity contribution in [1.29, 1.82) is 0 Å². The van der Waals surface area contributed by atoms with Gasteiger partial charge in [-0.25, -0.2) is 0 Å². The van der Waals surface area contributed by atoms with Crippen molar-refractivity contribution in [1.82, 2.24) is 4.67 Å². The first kappa shape index (κ1) is 16.3. The Hall–Kier alpha value is -0.930. The highest BCUT2D eigenvalue weighted by Gasteiger charge is 2.46. The normalized spacial score (nSPS) is 30.0. The van der Waals surface area contributed by atoms with E-state index in [0.29, 0.717) is 0 Å². The lowest BCUT2D eigenvalue weighted by Gasteiger charge is -2.49. The van der Waals surface area contributed by atoms with Crippen LogP contribution in [0, 0.1) is 0 Å². The molecule has 1 atom stereocenters. The maximum Gasteiger partial charge on any atom is 0.130 e. The molecule has 1 saturated heterocycles. The number of rotatable bonds is 2. The summed E-state index contributed by atoms with van der Waals surface area (Å²) >= 11 is 6.65. The number of morpholine rings is 1. The predicted molar refractivity (Wildman–Crippen MR) is 107 cm³/mol. The summed E-state index contributed by atoms with van der Waals surface area (Å²) in [5.74, 6) is 0. The van der Waals surface area contributed by atoms with E-state index < -0.39 is 6.34 Å². The Morgan fingerprint density at radius 1 is 0.880 bits per heavy atom. The van der Waals surface area contributed by atoms with Gasteiger partial charge in [-0.1, -0.05) is 30.0 Å². The maximum atomic E-state index is 6.65. The van der Waals surface area contributed by atoms with Gasteiger partial charge in [0.1, 0.15) is 6.34 Å². The summed E-state index contributed by atoms with van der Waals surface area (Å²) in [4.78, 5) is 0. The molecule has 2 heterocycles. The Morgan fingerprint density at radius 3 is 2.40 bits per heavy atom. The van der Waals surface area contributed by atoms with E-state index in [2.05, 4.69) is 39.7 Å². The second-order valence-corrected chi connectivity index (χ2v) is 11.4. The Morgan fingerprint density at radius 2 is 1.60 bits per heavy atom. The van der Waals surface area contributed by atoms with Crippen molar-refractivity contribution in [3.8, 4) is 0 Å². The van der Waals surface area contributed by atoms with Crippen molar-refractivity contribution >= 4 is 23.8 Å². The van der Waals surface area contributed by atoms with Crippen LogP contribution in [0.2, 0.25) is 0 Å². The van der Waals surface area contributed by atoms with Crippen LogP contribution in [0.15, 0.2) is 52.5 Å². The van der Waals surface area contributed by atoms with Crippen LogP contribution in [0.5, 0.6) is 0 Å². The molecule has 2 aliphatic carbocycles. The molecule has 4 aliphatic rings. The molecule has 0 radical (unpaired) electrons. The smallest absolute Gasteiger partial charge is 0.130 e. The molecule has 2 aliphatic heterocycles. The molecule has 1 aromatic carbocycles. The predicted octanol–water partition coefficient (Wildman–Crippen LogP) is 5.02. The van der Waals surface area contributed by atoms with E-state index in [1.807, 2.05) is 0 Å². The molecule has 0 spiro atoms. The topological polar surface area (TPSA) is 15.7 Å². The summed E-state index contributed by atoms with van der Waals surface area (Å²) in [6, 6.07) is 10.9. The Kier molecular flexibility index (Phi) is 4.13. The molecule has 1 fully saturated rings. The first-order chi connectivity index (χ1) is 12.3. The van der Waals surface area contributed by atoms with Crippen LogP contribution >= 0.6 is 6.34 Å². The summed E-state index contributed by atoms with van der Waals surface area (Å²) in [5.41, 5.74) is 6.14. The van der Waals surface area contributed by atoms with E-state index in [9.17, 15) is 0 Å². The number of benzene rings is 1. The molecule has 0 aromatic heterocycles. The molecule has 0 saturated carbocycles. The lowest BCUT2D eigenvalue weighted by atomic mass is 10.0. The van der Waals surface area contributed by atoms with Crippen LogP contribution in [0.4, 0.5) is 5.69 Å². The fourth-order valence-corrected chi connectivity index (χ4v) is 10.2. The first-order valence-electron chi connectivity index (χ1n) is 9.54. The Balaban J connectivity index is 1.71. The molecule has 25 heavy (non-hydrogen) atoms. The molecule has 1 aromatic rings. The summed E-state index contributed by atoms with van der Waals surface area (Å²) in [6.07, 6.45) is 5.49. The zero-order chi connectivity index (χ0) is 16.9. The molecule has 132 valence electrons. The third-order valence-electron chi connectivity index (χ3n) is 5.99. The minimum absolute atomic E-state index is 0.815. The molecule has 0 bridgehead atoms. The quantitative estimate of drug-likeness (QED) is 0.677. The number of anilines is 1. The second kappa shape index (κ2) is 6.35. The Bertz CT molecular complexity index is 795. The van der Waals surface area contributed by atoms with Gasteiger partial charge in [-0.15, -0.1) is 0 Å². The third kappa shape index (κ3) is 2.42. The largest absolute Gasteiger partial charge is 0.379 e. The standard InChI is InChI=1S/C20H25N2OPS/c25-24(21-12-14-23-15-13-21)20-11-5-9-18(20)17-8-4-10-19(17)22(24)16-6-2-1-3-7-16/h1-3,6-7H,4-5,8-15H2/t24-/m0/s1. The van der Waals surface area contributed by atoms with Gasteiger partial charge in [0, 0.05) is 24.5 Å². The highest BCUT2D eigenvalue weighted by molar-refractivity contribution is 8.16. The maximum absolute atomic E-state index is 6.65. The number of fused-ring (bicyclic) bond motifs is 1. The SMILES string of the molecule is S=[P@]1(N2CCOCC2)C2=C(CCC2)C2=C(CCC2)N1c1ccccc1. The van der Waals surface area contributed by atoms with Crippen molar-refractivity contribution < 1.29 is 4.74 Å². The van der Waals surface area contributed by atoms with Crippen LogP contribution in [-0.2, 0) is 16.5 Å². The molecular formula is C20H25N2OPS. The summed E-state index contributed by atoms with van der Waals surface area (Å²) < 4.78 is 10.9. The number of hydrogen-bond donors (Lipinski definition) is 0. The van der Waals surface area contributed by atoms with Gasteiger partial charge in [0.05, 0.1) is 13.2 Å². The fourth-order valence-electron chi connectivity index (χ4n) is 4.95. The average Bonchev–Trinajstić information content (AvgIpc) is 3.33. The van der Waals surface area contributed by atoms with Crippen molar-refractivity contribution in [2.45, 2.75) is 38.5 Å². The van der Waals surface area contributed by atoms with Gasteiger partial charge in [0.15, 0.2) is 0 Å². The molecule has 3 nitrogen and oxygen atoms in total. The number of para-hydroxylation sites is 1. The molecule has 0 amide bonds. The van der Waals surface area contributed by atoms with Crippen LogP contribution in [0.25, 0.3) is 0 Å². The van der Waals surface area contributed by atoms with Gasteiger partial charge >= 0.3 is 0 Å². The monoisotopic (exact) mass is 372 g/mol. The van der Waals surface area contributed by atoms with Gasteiger partial charge < -0.3 is 9.41 Å². The molecule has 0 unspecified atom stereocenters. The van der Waals surface area contributed by atoms with E-state index in [1.165, 1.54) is 44.2 Å². The van der Waals surface area contributed by atoms with Gasteiger partial charge in [0.2, 0.25) is 0 Å². The molecular weight excluding hydrogens is 347 g/mol. The van der Waals surface area contributed by atoms with E-state index in [4.69, 9.17) is 16.5 Å². The molecule has 0 N–H and O–H groups in total. The van der Waals surface area contributed by atoms with Gasteiger partial charge in [-0.2, -0.15) is 0 Å². The minimum atomic E-state index is -1.95. The van der Waals surface area contributed by atoms with Crippen LogP contribution in [-0.4, -0.2) is 31.0 Å². The van der Waals surface area contributed by atoms with Gasteiger partial charge in [0.25, 0.3) is 0 Å². The highest BCUT2D eigenvalue weighted by Crippen LogP contribution is 2.71. The second-order valence-electron chi connectivity index (χ2n) is 7.32. The zero-order valence-corrected chi connectivity index (χ0v) is 16.3. The highest BCUT2D eigenvalue weighted by atomic mass is 32.4. The van der Waals surface area contributed by atoms with E-state index in [0.717, 1.165) is 26.3 Å². The first-order valence-corrected chi connectivity index (χ1v) is 12.2. The zero-order valence-electron chi connectivity index (χ0n) is 14.6. The summed E-state index contributed by atoms with van der Waals surface area (Å²) in [7, 11) is 0. The van der Waals surface area contributed by atoms with E-state index >= 15 is 0 Å². The summed E-state index contributed by atoms with van der Waals surface area (Å²) in [5, 5.41) is 1.62. The van der Waals surface area contributed by atoms with Crippen LogP contribution in [0.3, 0.4) is 0 Å². The van der Waals surface area contributed by atoms with Gasteiger partial charge in [-0.05, 0) is 67.1 Å². The Labute approximate surface area is 155 Å². The number of nitrogens with zero attached hydrogens (tertiary/aromatic N) is 2. The third-order valence-corrected chi connectivity index (χ3v) is 11.2.